The average Bonchev–Trinajstić information content (AvgIpc) is 3.03. The normalized spacial score (nSPS) is 18.1. The first kappa shape index (κ1) is 16.4. The summed E-state index contributed by atoms with van der Waals surface area (Å²) in [7, 11) is 0. The lowest BCUT2D eigenvalue weighted by Crippen LogP contribution is -2.44. The Morgan fingerprint density at radius 2 is 2.17 bits per heavy atom. The number of aromatic nitrogens is 4. The summed E-state index contributed by atoms with van der Waals surface area (Å²) in [4.78, 5) is 34.1. The SMILES string of the molecule is Cc1nc2ncnn2c(C)c1CCC(=O)N1CCCC(C(N)=O)C1. The summed E-state index contributed by atoms with van der Waals surface area (Å²) in [5.74, 6) is 0.0817. The van der Waals surface area contributed by atoms with Crippen LogP contribution >= 0.6 is 0 Å². The number of likely N-dealkylation sites (tertiary alicyclic amines) is 1. The summed E-state index contributed by atoms with van der Waals surface area (Å²) in [5, 5.41) is 4.16. The first-order valence-electron chi connectivity index (χ1n) is 8.20. The Morgan fingerprint density at radius 3 is 2.92 bits per heavy atom. The maximum Gasteiger partial charge on any atom is 0.252 e. The molecular weight excluding hydrogens is 308 g/mol. The number of hydrogen-bond acceptors (Lipinski definition) is 5. The predicted molar refractivity (Wildman–Crippen MR) is 87.1 cm³/mol. The van der Waals surface area contributed by atoms with Gasteiger partial charge in [-0.2, -0.15) is 10.1 Å². The van der Waals surface area contributed by atoms with Crippen LogP contribution in [0.2, 0.25) is 0 Å². The summed E-state index contributed by atoms with van der Waals surface area (Å²) in [6.07, 6.45) is 4.04. The Balaban J connectivity index is 1.69. The molecule has 24 heavy (non-hydrogen) atoms. The molecule has 1 aliphatic rings. The monoisotopic (exact) mass is 330 g/mol. The Hall–Kier alpha value is -2.51. The van der Waals surface area contributed by atoms with Gasteiger partial charge < -0.3 is 10.6 Å². The summed E-state index contributed by atoms with van der Waals surface area (Å²) in [6.45, 7) is 5.01. The fourth-order valence-electron chi connectivity index (χ4n) is 3.34. The largest absolute Gasteiger partial charge is 0.369 e. The highest BCUT2D eigenvalue weighted by Crippen LogP contribution is 2.19. The minimum atomic E-state index is -0.319. The first-order chi connectivity index (χ1) is 11.5. The molecule has 0 radical (unpaired) electrons. The Kier molecular flexibility index (Phi) is 4.46. The highest BCUT2D eigenvalue weighted by molar-refractivity contribution is 5.80. The zero-order valence-corrected chi connectivity index (χ0v) is 14.0. The number of nitrogens with two attached hydrogens (primary N) is 1. The van der Waals surface area contributed by atoms with E-state index in [9.17, 15) is 9.59 Å². The highest BCUT2D eigenvalue weighted by atomic mass is 16.2. The fourth-order valence-corrected chi connectivity index (χ4v) is 3.34. The molecular formula is C16H22N6O2. The molecule has 1 unspecified atom stereocenters. The van der Waals surface area contributed by atoms with E-state index in [1.807, 2.05) is 13.8 Å². The van der Waals surface area contributed by atoms with Crippen molar-refractivity contribution in [1.82, 2.24) is 24.5 Å². The van der Waals surface area contributed by atoms with Gasteiger partial charge in [0.1, 0.15) is 6.33 Å². The zero-order valence-electron chi connectivity index (χ0n) is 14.0. The molecule has 2 aromatic heterocycles. The number of nitrogens with zero attached hydrogens (tertiary/aromatic N) is 5. The second-order valence-corrected chi connectivity index (χ2v) is 6.31. The van der Waals surface area contributed by atoms with Crippen LogP contribution in [0.5, 0.6) is 0 Å². The summed E-state index contributed by atoms with van der Waals surface area (Å²) < 4.78 is 1.69. The lowest BCUT2D eigenvalue weighted by Gasteiger charge is -2.31. The molecule has 0 saturated carbocycles. The molecule has 1 saturated heterocycles. The molecule has 8 nitrogen and oxygen atoms in total. The van der Waals surface area contributed by atoms with Crippen LogP contribution < -0.4 is 5.73 Å². The summed E-state index contributed by atoms with van der Waals surface area (Å²) in [6, 6.07) is 0. The van der Waals surface area contributed by atoms with Gasteiger partial charge in [-0.15, -0.1) is 0 Å². The van der Waals surface area contributed by atoms with Crippen molar-refractivity contribution < 1.29 is 9.59 Å². The van der Waals surface area contributed by atoms with Crippen molar-refractivity contribution in [1.29, 1.82) is 0 Å². The van der Waals surface area contributed by atoms with E-state index in [2.05, 4.69) is 15.1 Å². The van der Waals surface area contributed by atoms with Crippen LogP contribution in [0.3, 0.4) is 0 Å². The quantitative estimate of drug-likeness (QED) is 0.873. The Morgan fingerprint density at radius 1 is 1.38 bits per heavy atom. The summed E-state index contributed by atoms with van der Waals surface area (Å²) in [5.41, 5.74) is 8.22. The molecule has 2 amide bonds. The van der Waals surface area contributed by atoms with Crippen LogP contribution in [0.1, 0.15) is 36.2 Å². The van der Waals surface area contributed by atoms with E-state index in [-0.39, 0.29) is 17.7 Å². The molecule has 2 N–H and O–H groups in total. The number of fused-ring (bicyclic) bond motifs is 1. The summed E-state index contributed by atoms with van der Waals surface area (Å²) >= 11 is 0. The average molecular weight is 330 g/mol. The van der Waals surface area contributed by atoms with Crippen molar-refractivity contribution in [3.8, 4) is 0 Å². The number of rotatable bonds is 4. The van der Waals surface area contributed by atoms with Gasteiger partial charge in [-0.3, -0.25) is 9.59 Å². The van der Waals surface area contributed by atoms with Crippen LogP contribution in [0.4, 0.5) is 0 Å². The van der Waals surface area contributed by atoms with E-state index in [0.717, 1.165) is 29.8 Å². The van der Waals surface area contributed by atoms with Crippen LogP contribution in [-0.4, -0.2) is 49.4 Å². The number of primary amides is 1. The minimum absolute atomic E-state index is 0.0541. The van der Waals surface area contributed by atoms with Crippen LogP contribution in [0.15, 0.2) is 6.33 Å². The van der Waals surface area contributed by atoms with Gasteiger partial charge >= 0.3 is 0 Å². The third-order valence-corrected chi connectivity index (χ3v) is 4.75. The van der Waals surface area contributed by atoms with Gasteiger partial charge in [0.05, 0.1) is 5.92 Å². The van der Waals surface area contributed by atoms with Crippen molar-refractivity contribution in [3.63, 3.8) is 0 Å². The smallest absolute Gasteiger partial charge is 0.252 e. The second kappa shape index (κ2) is 6.54. The lowest BCUT2D eigenvalue weighted by molar-refractivity contribution is -0.134. The third-order valence-electron chi connectivity index (χ3n) is 4.75. The number of piperidine rings is 1. The minimum Gasteiger partial charge on any atom is -0.369 e. The van der Waals surface area contributed by atoms with Crippen molar-refractivity contribution in [2.75, 3.05) is 13.1 Å². The predicted octanol–water partition coefficient (Wildman–Crippen LogP) is 0.398. The van der Waals surface area contributed by atoms with Crippen molar-refractivity contribution >= 4 is 17.6 Å². The van der Waals surface area contributed by atoms with E-state index in [0.29, 0.717) is 31.7 Å². The Bertz CT molecular complexity index is 784. The molecule has 128 valence electrons. The van der Waals surface area contributed by atoms with Crippen LogP contribution in [0.25, 0.3) is 5.78 Å². The van der Waals surface area contributed by atoms with E-state index >= 15 is 0 Å². The number of hydrogen-bond donors (Lipinski definition) is 1. The maximum atomic E-state index is 12.5. The van der Waals surface area contributed by atoms with Gasteiger partial charge in [0, 0.05) is 30.9 Å². The number of carbonyl (C=O) groups excluding carboxylic acids is 2. The molecule has 1 fully saturated rings. The molecule has 0 aromatic carbocycles. The van der Waals surface area contributed by atoms with Gasteiger partial charge in [0.15, 0.2) is 0 Å². The molecule has 3 rings (SSSR count). The molecule has 0 bridgehead atoms. The van der Waals surface area contributed by atoms with Gasteiger partial charge in [0.2, 0.25) is 11.8 Å². The van der Waals surface area contributed by atoms with Gasteiger partial charge in [-0.1, -0.05) is 0 Å². The first-order valence-corrected chi connectivity index (χ1v) is 8.20. The van der Waals surface area contributed by atoms with E-state index in [4.69, 9.17) is 5.73 Å². The van der Waals surface area contributed by atoms with E-state index < -0.39 is 0 Å². The second-order valence-electron chi connectivity index (χ2n) is 6.31. The Labute approximate surface area is 140 Å². The molecule has 3 heterocycles. The van der Waals surface area contributed by atoms with Crippen molar-refractivity contribution in [2.24, 2.45) is 11.7 Å². The van der Waals surface area contributed by atoms with Gasteiger partial charge in [-0.05, 0) is 38.7 Å². The molecule has 2 aromatic rings. The molecule has 1 aliphatic heterocycles. The molecule has 8 heteroatoms. The zero-order chi connectivity index (χ0) is 17.3. The number of amides is 2. The van der Waals surface area contributed by atoms with Crippen LogP contribution in [0, 0.1) is 19.8 Å². The van der Waals surface area contributed by atoms with Crippen LogP contribution in [-0.2, 0) is 16.0 Å². The van der Waals surface area contributed by atoms with Gasteiger partial charge in [-0.25, -0.2) is 9.50 Å². The number of carbonyl (C=O) groups is 2. The molecule has 0 spiro atoms. The van der Waals surface area contributed by atoms with Gasteiger partial charge in [0.25, 0.3) is 5.78 Å². The fraction of sp³-hybridized carbons (Fsp3) is 0.562. The molecule has 1 atom stereocenters. The van der Waals surface area contributed by atoms with Crippen molar-refractivity contribution in [3.05, 3.63) is 23.3 Å². The topological polar surface area (TPSA) is 106 Å². The van der Waals surface area contributed by atoms with Crippen molar-refractivity contribution in [2.45, 2.75) is 39.5 Å². The maximum absolute atomic E-state index is 12.5. The molecule has 0 aliphatic carbocycles. The van der Waals surface area contributed by atoms with E-state index in [1.54, 1.807) is 9.42 Å². The highest BCUT2D eigenvalue weighted by Gasteiger charge is 2.27. The lowest BCUT2D eigenvalue weighted by atomic mass is 9.97. The standard InChI is InChI=1S/C16H22N6O2/c1-10-13(11(2)22-16(20-10)18-9-19-22)5-6-14(23)21-7-3-4-12(8-21)15(17)24/h9,12H,3-8H2,1-2H3,(H2,17,24). The third kappa shape index (κ3) is 3.08. The number of aryl methyl sites for hydroxylation is 2. The van der Waals surface area contributed by atoms with E-state index in [1.165, 1.54) is 6.33 Å².